The topological polar surface area (TPSA) is 111 Å². The molecule has 72 heavy (non-hydrogen) atoms. The lowest BCUT2D eigenvalue weighted by Crippen LogP contribution is -2.37. The summed E-state index contributed by atoms with van der Waals surface area (Å²) < 4.78 is 34.2. The first kappa shape index (κ1) is 68.9. The fourth-order valence-corrected chi connectivity index (χ4v) is 8.36. The normalized spacial score (nSPS) is 14.0. The number of ether oxygens (including phenoxy) is 2. The van der Waals surface area contributed by atoms with Gasteiger partial charge in [-0.25, -0.2) is 0 Å². The van der Waals surface area contributed by atoms with Gasteiger partial charge < -0.3 is 27.9 Å². The lowest BCUT2D eigenvalue weighted by Gasteiger charge is -2.28. The maximum atomic E-state index is 12.8. The number of phosphoric acid groups is 1. The zero-order valence-corrected chi connectivity index (χ0v) is 47.7. The molecule has 0 aromatic carbocycles. The van der Waals surface area contributed by atoms with Gasteiger partial charge in [-0.15, -0.1) is 0 Å². The minimum Gasteiger partial charge on any atom is -0.756 e. The number of hydrogen-bond donors (Lipinski definition) is 0. The molecule has 0 amide bonds. The summed E-state index contributed by atoms with van der Waals surface area (Å²) in [6.45, 7) is 4.09. The molecule has 0 saturated carbocycles. The van der Waals surface area contributed by atoms with Gasteiger partial charge >= 0.3 is 11.9 Å². The van der Waals surface area contributed by atoms with Crippen LogP contribution in [0.3, 0.4) is 0 Å². The molecular weight excluding hydrogens is 918 g/mol. The Kier molecular flexibility index (Phi) is 50.5. The third-order valence-electron chi connectivity index (χ3n) is 12.1. The minimum atomic E-state index is -4.64. The third kappa shape index (κ3) is 56.2. The minimum absolute atomic E-state index is 0.0367. The average molecular weight is 1030 g/mol. The molecule has 414 valence electrons. The van der Waals surface area contributed by atoms with E-state index in [1.807, 2.05) is 21.1 Å². The van der Waals surface area contributed by atoms with Crippen molar-refractivity contribution in [2.75, 3.05) is 47.5 Å². The van der Waals surface area contributed by atoms with Crippen LogP contribution in [0.25, 0.3) is 0 Å². The number of hydrogen-bond acceptors (Lipinski definition) is 8. The number of unbranched alkanes of at least 4 members (excludes halogenated alkanes) is 22. The smallest absolute Gasteiger partial charge is 0.306 e. The van der Waals surface area contributed by atoms with E-state index in [2.05, 4.69) is 111 Å². The van der Waals surface area contributed by atoms with Crippen molar-refractivity contribution in [2.24, 2.45) is 0 Å². The van der Waals surface area contributed by atoms with Crippen molar-refractivity contribution in [1.82, 2.24) is 0 Å². The van der Waals surface area contributed by atoms with Crippen LogP contribution in [0.15, 0.2) is 97.2 Å². The van der Waals surface area contributed by atoms with Gasteiger partial charge in [-0.1, -0.05) is 220 Å². The summed E-state index contributed by atoms with van der Waals surface area (Å²) >= 11 is 0. The van der Waals surface area contributed by atoms with Gasteiger partial charge in [0.15, 0.2) is 6.10 Å². The first-order valence-electron chi connectivity index (χ1n) is 28.9. The third-order valence-corrected chi connectivity index (χ3v) is 13.1. The van der Waals surface area contributed by atoms with Crippen molar-refractivity contribution in [3.8, 4) is 0 Å². The summed E-state index contributed by atoms with van der Waals surface area (Å²) in [6.07, 6.45) is 71.6. The van der Waals surface area contributed by atoms with Gasteiger partial charge in [-0.3, -0.25) is 14.2 Å². The highest BCUT2D eigenvalue weighted by atomic mass is 31.2. The molecule has 0 saturated heterocycles. The molecule has 2 unspecified atom stereocenters. The number of allylic oxidation sites excluding steroid dienone is 16. The Bertz CT molecular complexity index is 1540. The zero-order chi connectivity index (χ0) is 52.7. The summed E-state index contributed by atoms with van der Waals surface area (Å²) in [5.41, 5.74) is 0. The second kappa shape index (κ2) is 52.8. The van der Waals surface area contributed by atoms with Crippen LogP contribution < -0.4 is 4.89 Å². The molecule has 0 spiro atoms. The molecule has 10 heteroatoms. The van der Waals surface area contributed by atoms with E-state index >= 15 is 0 Å². The largest absolute Gasteiger partial charge is 0.756 e. The molecule has 0 heterocycles. The maximum absolute atomic E-state index is 12.8. The van der Waals surface area contributed by atoms with Crippen LogP contribution in [-0.4, -0.2) is 70.0 Å². The van der Waals surface area contributed by atoms with Gasteiger partial charge in [0.1, 0.15) is 19.8 Å². The molecule has 0 aromatic rings. The van der Waals surface area contributed by atoms with Crippen molar-refractivity contribution in [2.45, 2.75) is 238 Å². The van der Waals surface area contributed by atoms with Crippen molar-refractivity contribution in [3.05, 3.63) is 97.2 Å². The van der Waals surface area contributed by atoms with Gasteiger partial charge in [-0.2, -0.15) is 0 Å². The van der Waals surface area contributed by atoms with Gasteiger partial charge in [0.25, 0.3) is 7.82 Å². The van der Waals surface area contributed by atoms with Crippen molar-refractivity contribution in [1.29, 1.82) is 0 Å². The van der Waals surface area contributed by atoms with Gasteiger partial charge in [0, 0.05) is 12.8 Å². The van der Waals surface area contributed by atoms with Crippen LogP contribution in [0, 0.1) is 0 Å². The summed E-state index contributed by atoms with van der Waals surface area (Å²) in [6, 6.07) is 0. The van der Waals surface area contributed by atoms with Crippen LogP contribution in [0.1, 0.15) is 232 Å². The van der Waals surface area contributed by atoms with Crippen molar-refractivity contribution < 1.29 is 42.1 Å². The van der Waals surface area contributed by atoms with Crippen molar-refractivity contribution in [3.63, 3.8) is 0 Å². The monoisotopic (exact) mass is 1030 g/mol. The molecule has 2 atom stereocenters. The Morgan fingerprint density at radius 1 is 0.444 bits per heavy atom. The van der Waals surface area contributed by atoms with E-state index in [-0.39, 0.29) is 26.1 Å². The van der Waals surface area contributed by atoms with E-state index in [1.54, 1.807) is 0 Å². The standard InChI is InChI=1S/C62H108NO8P/c1-6-8-10-12-14-16-18-20-22-24-26-27-28-29-30-31-32-33-34-35-37-39-41-43-45-47-49-51-53-55-62(65)71-60(59-70-72(66,67)69-57-56-63(3,4)5)58-68-61(64)54-52-50-48-46-44-42-40-38-36-25-23-21-19-17-15-13-11-9-7-2/h8,10,14-17,20-23,26-27,29-30,32-33,60H,6-7,9,11-13,18-19,24-25,28,31,34-59H2,1-5H3/b10-8-,16-14-,17-15-,22-20-,23-21-,27-26-,30-29-,33-32-. The van der Waals surface area contributed by atoms with Gasteiger partial charge in [-0.05, 0) is 96.3 Å². The summed E-state index contributed by atoms with van der Waals surface area (Å²) in [7, 11) is 1.15. The van der Waals surface area contributed by atoms with E-state index in [0.717, 1.165) is 103 Å². The Labute approximate surface area is 443 Å². The molecule has 0 aliphatic heterocycles. The molecular formula is C62H108NO8P. The maximum Gasteiger partial charge on any atom is 0.306 e. The molecule has 0 aliphatic rings. The fraction of sp³-hybridized carbons (Fsp3) is 0.710. The lowest BCUT2D eigenvalue weighted by atomic mass is 10.0. The van der Waals surface area contributed by atoms with Gasteiger partial charge in [0.05, 0.1) is 27.7 Å². The highest BCUT2D eigenvalue weighted by Crippen LogP contribution is 2.38. The Balaban J connectivity index is 4.19. The lowest BCUT2D eigenvalue weighted by molar-refractivity contribution is -0.870. The number of phosphoric ester groups is 1. The Morgan fingerprint density at radius 3 is 1.18 bits per heavy atom. The summed E-state index contributed by atoms with van der Waals surface area (Å²) in [5, 5.41) is 0. The number of quaternary nitrogens is 1. The summed E-state index contributed by atoms with van der Waals surface area (Å²) in [4.78, 5) is 37.9. The van der Waals surface area contributed by atoms with Crippen LogP contribution in [0.2, 0.25) is 0 Å². The molecule has 0 rings (SSSR count). The highest BCUT2D eigenvalue weighted by molar-refractivity contribution is 7.45. The number of esters is 2. The number of carbonyl (C=O) groups is 2. The zero-order valence-electron chi connectivity index (χ0n) is 46.8. The van der Waals surface area contributed by atoms with E-state index in [9.17, 15) is 19.0 Å². The first-order chi connectivity index (χ1) is 35.0. The number of rotatable bonds is 52. The Morgan fingerprint density at radius 2 is 0.792 bits per heavy atom. The molecule has 0 aromatic heterocycles. The van der Waals surface area contributed by atoms with Crippen LogP contribution in [0.4, 0.5) is 0 Å². The van der Waals surface area contributed by atoms with E-state index in [0.29, 0.717) is 17.4 Å². The second-order valence-electron chi connectivity index (χ2n) is 20.3. The molecule has 0 radical (unpaired) electrons. The second-order valence-corrected chi connectivity index (χ2v) is 21.7. The van der Waals surface area contributed by atoms with E-state index in [4.69, 9.17) is 18.5 Å². The van der Waals surface area contributed by atoms with Crippen LogP contribution in [-0.2, 0) is 32.7 Å². The fourth-order valence-electron chi connectivity index (χ4n) is 7.63. The molecule has 0 aliphatic carbocycles. The average Bonchev–Trinajstić information content (AvgIpc) is 3.34. The number of nitrogens with zero attached hydrogens (tertiary/aromatic N) is 1. The predicted molar refractivity (Wildman–Crippen MR) is 305 cm³/mol. The predicted octanol–water partition coefficient (Wildman–Crippen LogP) is 17.4. The molecule has 0 N–H and O–H groups in total. The molecule has 0 fully saturated rings. The SMILES string of the molecule is CC/C=C\C/C=C\C/C=C\C/C=C\C/C=C\C/C=C\CCCCCCCCCCCCC(=O)OC(COC(=O)CCCCCCCCCCC/C=C\C/C=C\CCCCC)COP(=O)([O-])OCC[N+](C)(C)C. The first-order valence-corrected chi connectivity index (χ1v) is 30.4. The molecule has 9 nitrogen and oxygen atoms in total. The van der Waals surface area contributed by atoms with Crippen LogP contribution in [0.5, 0.6) is 0 Å². The summed E-state index contributed by atoms with van der Waals surface area (Å²) in [5.74, 6) is -0.845. The highest BCUT2D eigenvalue weighted by Gasteiger charge is 2.21. The number of carbonyl (C=O) groups excluding carboxylic acids is 2. The van der Waals surface area contributed by atoms with Crippen molar-refractivity contribution >= 4 is 19.8 Å². The van der Waals surface area contributed by atoms with Crippen LogP contribution >= 0.6 is 7.82 Å². The number of likely N-dealkylation sites (N-methyl/N-ethyl adjacent to an activating group) is 1. The van der Waals surface area contributed by atoms with Gasteiger partial charge in [0.2, 0.25) is 0 Å². The quantitative estimate of drug-likeness (QED) is 0.0195. The Hall–Kier alpha value is -3.07. The van der Waals surface area contributed by atoms with E-state index in [1.165, 1.54) is 96.3 Å². The molecule has 0 bridgehead atoms. The van der Waals surface area contributed by atoms with E-state index < -0.39 is 32.5 Å².